The lowest BCUT2D eigenvalue weighted by molar-refractivity contribution is 0.719. The molecule has 5 heteroatoms. The van der Waals surface area contributed by atoms with Crippen molar-refractivity contribution in [1.82, 2.24) is 14.8 Å². The van der Waals surface area contributed by atoms with Crippen LogP contribution in [0.3, 0.4) is 0 Å². The van der Waals surface area contributed by atoms with Crippen LogP contribution in [0.1, 0.15) is 5.69 Å². The van der Waals surface area contributed by atoms with Gasteiger partial charge in [-0.25, -0.2) is 4.98 Å². The van der Waals surface area contributed by atoms with Crippen LogP contribution >= 0.6 is 11.8 Å². The summed E-state index contributed by atoms with van der Waals surface area (Å²) >= 11 is 1.68. The van der Waals surface area contributed by atoms with Crippen molar-refractivity contribution in [3.63, 3.8) is 0 Å². The molecule has 2 rings (SSSR count). The fraction of sp³-hybridized carbons (Fsp3) is 0.273. The summed E-state index contributed by atoms with van der Waals surface area (Å²) in [5, 5.41) is 5.03. The summed E-state index contributed by atoms with van der Waals surface area (Å²) in [6.45, 7) is 0. The third-order valence-electron chi connectivity index (χ3n) is 2.32. The lowest BCUT2D eigenvalue weighted by Crippen LogP contribution is -2.00. The van der Waals surface area contributed by atoms with E-state index in [1.165, 1.54) is 5.69 Å². The Hall–Kier alpha value is -1.49. The number of aryl methyl sites for hydroxylation is 2. The molecule has 2 N–H and O–H groups in total. The van der Waals surface area contributed by atoms with E-state index in [2.05, 4.69) is 10.1 Å². The van der Waals surface area contributed by atoms with Crippen molar-refractivity contribution in [1.29, 1.82) is 0 Å². The van der Waals surface area contributed by atoms with Gasteiger partial charge in [-0.1, -0.05) is 0 Å². The number of anilines is 1. The molecule has 4 nitrogen and oxygen atoms in total. The smallest absolute Gasteiger partial charge is 0.119 e. The molecule has 0 saturated carbocycles. The second-order valence-electron chi connectivity index (χ2n) is 3.44. The van der Waals surface area contributed by atoms with E-state index in [9.17, 15) is 0 Å². The predicted octanol–water partition coefficient (Wildman–Crippen LogP) is 1.73. The molecule has 0 fully saturated rings. The van der Waals surface area contributed by atoms with Gasteiger partial charge in [-0.3, -0.25) is 4.68 Å². The van der Waals surface area contributed by atoms with E-state index in [1.54, 1.807) is 18.0 Å². The quantitative estimate of drug-likeness (QED) is 0.819. The molecule has 0 radical (unpaired) electrons. The number of hydrogen-bond donors (Lipinski definition) is 1. The molecular formula is C11H14N4S. The van der Waals surface area contributed by atoms with Crippen LogP contribution in [0, 0.1) is 0 Å². The van der Waals surface area contributed by atoms with Crippen LogP contribution < -0.4 is 5.73 Å². The van der Waals surface area contributed by atoms with Crippen LogP contribution in [0.2, 0.25) is 0 Å². The number of nitrogens with zero attached hydrogens (tertiary/aromatic N) is 3. The first kappa shape index (κ1) is 11.0. The maximum Gasteiger partial charge on any atom is 0.119 e. The van der Waals surface area contributed by atoms with Crippen LogP contribution in [0.25, 0.3) is 0 Å². The highest BCUT2D eigenvalue weighted by Gasteiger charge is 2.02. The minimum absolute atomic E-state index is 0.748. The molecule has 0 unspecified atom stereocenters. The zero-order valence-corrected chi connectivity index (χ0v) is 9.94. The van der Waals surface area contributed by atoms with Crippen LogP contribution in [0.15, 0.2) is 35.6 Å². The van der Waals surface area contributed by atoms with Gasteiger partial charge in [0.25, 0.3) is 0 Å². The lowest BCUT2D eigenvalue weighted by atomic mass is 10.3. The molecular weight excluding hydrogens is 220 g/mol. The zero-order chi connectivity index (χ0) is 11.4. The van der Waals surface area contributed by atoms with Crippen molar-refractivity contribution < 1.29 is 0 Å². The van der Waals surface area contributed by atoms with E-state index in [4.69, 9.17) is 5.73 Å². The van der Waals surface area contributed by atoms with Gasteiger partial charge in [0.2, 0.25) is 0 Å². The molecule has 0 saturated heterocycles. The van der Waals surface area contributed by atoms with Crippen LogP contribution in [0.5, 0.6) is 0 Å². The fourth-order valence-corrected chi connectivity index (χ4v) is 2.30. The third kappa shape index (κ3) is 2.55. The third-order valence-corrected chi connectivity index (χ3v) is 3.34. The monoisotopic (exact) mass is 234 g/mol. The van der Waals surface area contributed by atoms with Crippen molar-refractivity contribution in [3.05, 3.63) is 36.3 Å². The van der Waals surface area contributed by atoms with E-state index in [0.717, 1.165) is 22.9 Å². The molecule has 0 aliphatic rings. The average molecular weight is 234 g/mol. The Morgan fingerprint density at radius 2 is 2.25 bits per heavy atom. The summed E-state index contributed by atoms with van der Waals surface area (Å²) in [5.74, 6) is 0.959. The van der Waals surface area contributed by atoms with Crippen molar-refractivity contribution >= 4 is 17.4 Å². The van der Waals surface area contributed by atoms with Gasteiger partial charge in [0, 0.05) is 30.9 Å². The van der Waals surface area contributed by atoms with Gasteiger partial charge < -0.3 is 5.73 Å². The molecule has 2 heterocycles. The number of thioether (sulfide) groups is 1. The summed E-state index contributed by atoms with van der Waals surface area (Å²) < 4.78 is 1.89. The number of pyridine rings is 1. The molecule has 0 atom stereocenters. The number of aromatic nitrogens is 3. The number of nitrogens with two attached hydrogens (primary N) is 1. The summed E-state index contributed by atoms with van der Waals surface area (Å²) in [6.07, 6.45) is 4.55. The normalized spacial score (nSPS) is 10.6. The van der Waals surface area contributed by atoms with E-state index in [-0.39, 0.29) is 0 Å². The van der Waals surface area contributed by atoms with E-state index < -0.39 is 0 Å². The first-order valence-corrected chi connectivity index (χ1v) is 6.06. The zero-order valence-electron chi connectivity index (χ0n) is 9.13. The minimum atomic E-state index is 0.748. The van der Waals surface area contributed by atoms with Gasteiger partial charge >= 0.3 is 0 Å². The van der Waals surface area contributed by atoms with Gasteiger partial charge in [-0.15, -0.1) is 11.8 Å². The van der Waals surface area contributed by atoms with Crippen molar-refractivity contribution in [2.45, 2.75) is 11.4 Å². The Balaban J connectivity index is 1.89. The molecule has 0 aliphatic carbocycles. The Morgan fingerprint density at radius 3 is 2.94 bits per heavy atom. The van der Waals surface area contributed by atoms with Crippen LogP contribution in [0.4, 0.5) is 5.69 Å². The van der Waals surface area contributed by atoms with Crippen molar-refractivity contribution in [2.24, 2.45) is 7.05 Å². The second kappa shape index (κ2) is 5.03. The Morgan fingerprint density at radius 1 is 1.38 bits per heavy atom. The molecule has 0 aromatic carbocycles. The van der Waals surface area contributed by atoms with Crippen molar-refractivity contribution in [3.8, 4) is 0 Å². The molecule has 2 aromatic rings. The summed E-state index contributed by atoms with van der Waals surface area (Å²) in [4.78, 5) is 4.24. The minimum Gasteiger partial charge on any atom is -0.397 e. The number of hydrogen-bond acceptors (Lipinski definition) is 4. The summed E-state index contributed by atoms with van der Waals surface area (Å²) in [5.41, 5.74) is 7.78. The van der Waals surface area contributed by atoms with Crippen LogP contribution in [-0.4, -0.2) is 20.5 Å². The van der Waals surface area contributed by atoms with Gasteiger partial charge in [0.15, 0.2) is 0 Å². The molecule has 0 amide bonds. The van der Waals surface area contributed by atoms with E-state index in [0.29, 0.717) is 0 Å². The Labute approximate surface area is 98.9 Å². The van der Waals surface area contributed by atoms with E-state index >= 15 is 0 Å². The average Bonchev–Trinajstić information content (AvgIpc) is 2.67. The molecule has 0 aliphatic heterocycles. The van der Waals surface area contributed by atoms with E-state index in [1.807, 2.05) is 36.1 Å². The van der Waals surface area contributed by atoms with Crippen molar-refractivity contribution in [2.75, 3.05) is 11.5 Å². The Bertz CT molecular complexity index is 467. The molecule has 0 bridgehead atoms. The lowest BCUT2D eigenvalue weighted by Gasteiger charge is -2.04. The van der Waals surface area contributed by atoms with Gasteiger partial charge in [-0.2, -0.15) is 5.10 Å². The molecule has 84 valence electrons. The molecule has 16 heavy (non-hydrogen) atoms. The van der Waals surface area contributed by atoms with Crippen LogP contribution in [-0.2, 0) is 13.5 Å². The first-order chi connectivity index (χ1) is 7.77. The van der Waals surface area contributed by atoms with Gasteiger partial charge in [0.05, 0.1) is 5.69 Å². The highest BCUT2D eigenvalue weighted by atomic mass is 32.2. The largest absolute Gasteiger partial charge is 0.397 e. The summed E-state index contributed by atoms with van der Waals surface area (Å²) in [6, 6.07) is 5.75. The maximum absolute atomic E-state index is 5.81. The SMILES string of the molecule is Cn1nccc1CCSc1ncccc1N. The van der Waals surface area contributed by atoms with Gasteiger partial charge in [-0.05, 0) is 24.6 Å². The van der Waals surface area contributed by atoms with Gasteiger partial charge in [0.1, 0.15) is 5.03 Å². The summed E-state index contributed by atoms with van der Waals surface area (Å²) in [7, 11) is 1.95. The predicted molar refractivity (Wildman–Crippen MR) is 66.3 cm³/mol. The number of rotatable bonds is 4. The fourth-order valence-electron chi connectivity index (χ4n) is 1.42. The number of nitrogen functional groups attached to an aromatic ring is 1. The first-order valence-electron chi connectivity index (χ1n) is 5.07. The second-order valence-corrected chi connectivity index (χ2v) is 4.53. The standard InChI is InChI=1S/C11H14N4S/c1-15-9(4-7-14-15)5-8-16-11-10(12)3-2-6-13-11/h2-4,6-7H,5,8,12H2,1H3. The maximum atomic E-state index is 5.81. The molecule has 2 aromatic heterocycles. The highest BCUT2D eigenvalue weighted by molar-refractivity contribution is 7.99. The highest BCUT2D eigenvalue weighted by Crippen LogP contribution is 2.22. The Kier molecular flexibility index (Phi) is 3.46. The molecule has 0 spiro atoms. The topological polar surface area (TPSA) is 56.7 Å².